The van der Waals surface area contributed by atoms with Crippen LogP contribution >= 0.6 is 0 Å². The standard InChI is InChI=1S/C18H25NO5/c1-4-12-9-11(2)18(3,22)17(21)23-10-13-5-7-19-8-6-14(15(13)19)24-16(12)20/h4-5,11,14-15,22H,6-10H2,1-3H3/b12-4-/t11-,14+,15+,18+/m0/s1. The molecule has 132 valence electrons. The zero-order valence-corrected chi connectivity index (χ0v) is 14.4. The van der Waals surface area contributed by atoms with Gasteiger partial charge in [0.1, 0.15) is 12.7 Å². The SMILES string of the molecule is C/C=C1/C[C@H](C)[C@@](C)(O)C(=O)OCC2=CCN3CC[C@@H](OC1=O)[C@@H]23. The van der Waals surface area contributed by atoms with Crippen molar-refractivity contribution >= 4 is 11.9 Å². The molecule has 0 aliphatic carbocycles. The van der Waals surface area contributed by atoms with Crippen LogP contribution in [0.5, 0.6) is 0 Å². The molecular formula is C18H25NO5. The molecule has 2 fully saturated rings. The predicted molar refractivity (Wildman–Crippen MR) is 87.1 cm³/mol. The van der Waals surface area contributed by atoms with Crippen molar-refractivity contribution in [1.82, 2.24) is 4.90 Å². The van der Waals surface area contributed by atoms with Gasteiger partial charge in [0.05, 0.1) is 6.04 Å². The lowest BCUT2D eigenvalue weighted by atomic mass is 9.85. The predicted octanol–water partition coefficient (Wildman–Crippen LogP) is 1.19. The van der Waals surface area contributed by atoms with Crippen LogP contribution in [0, 0.1) is 5.92 Å². The molecule has 3 rings (SSSR count). The topological polar surface area (TPSA) is 76.1 Å². The molecule has 0 spiro atoms. The van der Waals surface area contributed by atoms with Crippen molar-refractivity contribution < 1.29 is 24.2 Å². The number of nitrogens with zero attached hydrogens (tertiary/aromatic N) is 1. The number of allylic oxidation sites excluding steroid dienone is 1. The van der Waals surface area contributed by atoms with Crippen LogP contribution in [-0.2, 0) is 19.1 Å². The maximum atomic E-state index is 12.5. The van der Waals surface area contributed by atoms with Gasteiger partial charge in [0, 0.05) is 18.7 Å². The zero-order valence-electron chi connectivity index (χ0n) is 14.4. The molecule has 0 amide bonds. The number of hydrogen-bond donors (Lipinski definition) is 1. The Morgan fingerprint density at radius 2 is 2.17 bits per heavy atom. The van der Waals surface area contributed by atoms with E-state index in [9.17, 15) is 14.7 Å². The van der Waals surface area contributed by atoms with E-state index in [1.807, 2.05) is 6.08 Å². The van der Waals surface area contributed by atoms with Gasteiger partial charge in [-0.15, -0.1) is 0 Å². The number of aliphatic hydroxyl groups is 1. The molecule has 0 unspecified atom stereocenters. The van der Waals surface area contributed by atoms with E-state index in [1.54, 1.807) is 19.9 Å². The van der Waals surface area contributed by atoms with Crippen LogP contribution in [0.1, 0.15) is 33.6 Å². The molecule has 6 heteroatoms. The summed E-state index contributed by atoms with van der Waals surface area (Å²) in [6, 6.07) is -0.0262. The van der Waals surface area contributed by atoms with Gasteiger partial charge in [-0.25, -0.2) is 9.59 Å². The molecule has 24 heavy (non-hydrogen) atoms. The minimum atomic E-state index is -1.65. The number of rotatable bonds is 0. The number of carbonyl (C=O) groups is 2. The fraction of sp³-hybridized carbons (Fsp3) is 0.667. The van der Waals surface area contributed by atoms with E-state index in [0.717, 1.165) is 25.1 Å². The number of cyclic esters (lactones) is 1. The Kier molecular flexibility index (Phi) is 4.53. The molecule has 3 aliphatic rings. The Bertz CT molecular complexity index is 607. The molecule has 0 bridgehead atoms. The molecule has 1 N–H and O–H groups in total. The molecule has 3 heterocycles. The molecule has 4 atom stereocenters. The summed E-state index contributed by atoms with van der Waals surface area (Å²) in [5.41, 5.74) is -0.218. The fourth-order valence-electron chi connectivity index (χ4n) is 3.68. The van der Waals surface area contributed by atoms with Gasteiger partial charge in [0.25, 0.3) is 0 Å². The van der Waals surface area contributed by atoms with Gasteiger partial charge >= 0.3 is 11.9 Å². The average Bonchev–Trinajstić information content (AvgIpc) is 3.12. The van der Waals surface area contributed by atoms with Crippen molar-refractivity contribution in [3.8, 4) is 0 Å². The third kappa shape index (κ3) is 2.89. The van der Waals surface area contributed by atoms with Crippen LogP contribution in [0.15, 0.2) is 23.3 Å². The first-order valence-corrected chi connectivity index (χ1v) is 8.53. The first kappa shape index (κ1) is 17.2. The van der Waals surface area contributed by atoms with E-state index in [4.69, 9.17) is 9.47 Å². The lowest BCUT2D eigenvalue weighted by molar-refractivity contribution is -0.169. The van der Waals surface area contributed by atoms with E-state index < -0.39 is 17.5 Å². The number of hydrogen-bond acceptors (Lipinski definition) is 6. The fourth-order valence-corrected chi connectivity index (χ4v) is 3.68. The van der Waals surface area contributed by atoms with Gasteiger partial charge in [-0.1, -0.05) is 19.1 Å². The van der Waals surface area contributed by atoms with Crippen LogP contribution in [-0.4, -0.2) is 59.4 Å². The molecule has 6 nitrogen and oxygen atoms in total. The Labute approximate surface area is 142 Å². The van der Waals surface area contributed by atoms with Gasteiger partial charge in [0.2, 0.25) is 0 Å². The van der Waals surface area contributed by atoms with E-state index in [2.05, 4.69) is 4.90 Å². The minimum absolute atomic E-state index is 0.0262. The number of carbonyl (C=O) groups excluding carboxylic acids is 2. The summed E-state index contributed by atoms with van der Waals surface area (Å²) in [5.74, 6) is -1.46. The van der Waals surface area contributed by atoms with Crippen LogP contribution in [0.4, 0.5) is 0 Å². The maximum absolute atomic E-state index is 12.5. The number of ether oxygens (including phenoxy) is 2. The lowest BCUT2D eigenvalue weighted by Crippen LogP contribution is -2.45. The van der Waals surface area contributed by atoms with Gasteiger partial charge in [-0.2, -0.15) is 0 Å². The highest BCUT2D eigenvalue weighted by Crippen LogP contribution is 2.34. The third-order valence-electron chi connectivity index (χ3n) is 5.55. The van der Waals surface area contributed by atoms with E-state index >= 15 is 0 Å². The Morgan fingerprint density at radius 1 is 1.42 bits per heavy atom. The van der Waals surface area contributed by atoms with Gasteiger partial charge in [0.15, 0.2) is 5.60 Å². The molecule has 0 aromatic heterocycles. The lowest BCUT2D eigenvalue weighted by Gasteiger charge is -2.31. The quantitative estimate of drug-likeness (QED) is 0.407. The summed E-state index contributed by atoms with van der Waals surface area (Å²) in [7, 11) is 0. The Morgan fingerprint density at radius 3 is 2.88 bits per heavy atom. The second kappa shape index (κ2) is 6.33. The van der Waals surface area contributed by atoms with Crippen molar-refractivity contribution in [2.75, 3.05) is 19.7 Å². The highest BCUT2D eigenvalue weighted by Gasteiger charge is 2.45. The van der Waals surface area contributed by atoms with Crippen molar-refractivity contribution in [3.63, 3.8) is 0 Å². The highest BCUT2D eigenvalue weighted by atomic mass is 16.6. The smallest absolute Gasteiger partial charge is 0.338 e. The molecular weight excluding hydrogens is 310 g/mol. The maximum Gasteiger partial charge on any atom is 0.338 e. The van der Waals surface area contributed by atoms with Crippen LogP contribution in [0.2, 0.25) is 0 Å². The highest BCUT2D eigenvalue weighted by molar-refractivity contribution is 5.89. The zero-order chi connectivity index (χ0) is 17.5. The second-order valence-electron chi connectivity index (χ2n) is 7.09. The monoisotopic (exact) mass is 335 g/mol. The number of esters is 2. The molecule has 2 saturated heterocycles. The van der Waals surface area contributed by atoms with Crippen molar-refractivity contribution in [2.24, 2.45) is 5.92 Å². The summed E-state index contributed by atoms with van der Waals surface area (Å²) >= 11 is 0. The summed E-state index contributed by atoms with van der Waals surface area (Å²) in [5, 5.41) is 10.6. The summed E-state index contributed by atoms with van der Waals surface area (Å²) < 4.78 is 11.2. The Hall–Kier alpha value is -1.66. The van der Waals surface area contributed by atoms with Gasteiger partial charge < -0.3 is 14.6 Å². The summed E-state index contributed by atoms with van der Waals surface area (Å²) in [6.45, 7) is 6.71. The third-order valence-corrected chi connectivity index (χ3v) is 5.55. The van der Waals surface area contributed by atoms with Crippen molar-refractivity contribution in [2.45, 2.75) is 51.4 Å². The van der Waals surface area contributed by atoms with E-state index in [1.165, 1.54) is 6.92 Å². The molecule has 3 aliphatic heterocycles. The van der Waals surface area contributed by atoms with Crippen molar-refractivity contribution in [3.05, 3.63) is 23.3 Å². The van der Waals surface area contributed by atoms with Crippen LogP contribution in [0.25, 0.3) is 0 Å². The summed E-state index contributed by atoms with van der Waals surface area (Å²) in [6.07, 6.45) is 4.56. The minimum Gasteiger partial charge on any atom is -0.459 e. The van der Waals surface area contributed by atoms with Crippen LogP contribution in [0.3, 0.4) is 0 Å². The average molecular weight is 335 g/mol. The molecule has 0 saturated carbocycles. The first-order chi connectivity index (χ1) is 11.3. The molecule has 0 radical (unpaired) electrons. The van der Waals surface area contributed by atoms with E-state index in [0.29, 0.717) is 5.57 Å². The molecule has 0 aromatic carbocycles. The van der Waals surface area contributed by atoms with Crippen molar-refractivity contribution in [1.29, 1.82) is 0 Å². The van der Waals surface area contributed by atoms with E-state index in [-0.39, 0.29) is 31.1 Å². The summed E-state index contributed by atoms with van der Waals surface area (Å²) in [4.78, 5) is 27.1. The Balaban J connectivity index is 1.91. The largest absolute Gasteiger partial charge is 0.459 e. The van der Waals surface area contributed by atoms with Crippen LogP contribution < -0.4 is 0 Å². The van der Waals surface area contributed by atoms with Gasteiger partial charge in [-0.3, -0.25) is 4.90 Å². The van der Waals surface area contributed by atoms with Gasteiger partial charge in [-0.05, 0) is 38.2 Å². The molecule has 0 aromatic rings. The second-order valence-corrected chi connectivity index (χ2v) is 7.09. The normalized spacial score (nSPS) is 39.6. The first-order valence-electron chi connectivity index (χ1n) is 8.53.